The molecule has 0 fully saturated rings. The molecule has 28 heavy (non-hydrogen) atoms. The van der Waals surface area contributed by atoms with Gasteiger partial charge in [-0.3, -0.25) is 4.79 Å². The summed E-state index contributed by atoms with van der Waals surface area (Å²) in [5, 5.41) is 16.5. The molecule has 1 aliphatic rings. The molecule has 1 amide bonds. The number of carbonyl (C=O) groups excluding carboxylic acids is 1. The van der Waals surface area contributed by atoms with Crippen molar-refractivity contribution in [3.8, 4) is 5.75 Å². The largest absolute Gasteiger partial charge is 0.508 e. The van der Waals surface area contributed by atoms with Gasteiger partial charge in [-0.15, -0.1) is 0 Å². The van der Waals surface area contributed by atoms with E-state index in [2.05, 4.69) is 21.0 Å². The highest BCUT2D eigenvalue weighted by Gasteiger charge is 2.34. The van der Waals surface area contributed by atoms with Crippen molar-refractivity contribution in [2.75, 3.05) is 0 Å². The van der Waals surface area contributed by atoms with Crippen molar-refractivity contribution in [1.29, 1.82) is 0 Å². The third-order valence-corrected chi connectivity index (χ3v) is 5.42. The summed E-state index contributed by atoms with van der Waals surface area (Å²) in [4.78, 5) is 13.2. The fourth-order valence-corrected chi connectivity index (χ4v) is 3.62. The highest BCUT2D eigenvalue weighted by atomic mass is 79.9. The zero-order chi connectivity index (χ0) is 19.7. The maximum absolute atomic E-state index is 13.2. The van der Waals surface area contributed by atoms with Crippen molar-refractivity contribution in [2.24, 2.45) is 5.10 Å². The van der Waals surface area contributed by atoms with Crippen molar-refractivity contribution in [2.45, 2.75) is 19.4 Å². The third-order valence-electron chi connectivity index (χ3n) is 4.89. The molecule has 0 saturated carbocycles. The van der Waals surface area contributed by atoms with E-state index in [9.17, 15) is 9.90 Å². The van der Waals surface area contributed by atoms with E-state index in [0.717, 1.165) is 21.3 Å². The van der Waals surface area contributed by atoms with Gasteiger partial charge in [-0.25, -0.2) is 5.01 Å². The van der Waals surface area contributed by atoms with Crippen molar-refractivity contribution < 1.29 is 9.90 Å². The van der Waals surface area contributed by atoms with Gasteiger partial charge < -0.3 is 5.11 Å². The van der Waals surface area contributed by atoms with Crippen molar-refractivity contribution in [3.63, 3.8) is 0 Å². The molecule has 1 aliphatic heterocycles. The summed E-state index contributed by atoms with van der Waals surface area (Å²) in [6.45, 7) is 1.98. The third kappa shape index (κ3) is 3.58. The zero-order valence-electron chi connectivity index (χ0n) is 15.3. The number of phenols is 1. The zero-order valence-corrected chi connectivity index (χ0v) is 16.9. The Kier molecular flexibility index (Phi) is 5.01. The first-order valence-corrected chi connectivity index (χ1v) is 9.84. The van der Waals surface area contributed by atoms with Crippen LogP contribution < -0.4 is 0 Å². The molecule has 0 bridgehead atoms. The summed E-state index contributed by atoms with van der Waals surface area (Å²) in [6, 6.07) is 22.1. The lowest BCUT2D eigenvalue weighted by Gasteiger charge is -2.22. The molecule has 3 aromatic rings. The number of hydrogen-bond donors (Lipinski definition) is 1. The van der Waals surface area contributed by atoms with Gasteiger partial charge >= 0.3 is 0 Å². The molecule has 0 radical (unpaired) electrons. The number of aryl methyl sites for hydroxylation is 1. The summed E-state index contributed by atoms with van der Waals surface area (Å²) >= 11 is 3.45. The number of carbonyl (C=O) groups is 1. The van der Waals surface area contributed by atoms with Crippen molar-refractivity contribution in [1.82, 2.24) is 5.01 Å². The van der Waals surface area contributed by atoms with E-state index in [1.807, 2.05) is 67.6 Å². The van der Waals surface area contributed by atoms with E-state index in [1.165, 1.54) is 5.01 Å². The van der Waals surface area contributed by atoms with Gasteiger partial charge in [-0.1, -0.05) is 64.0 Å². The number of hydrogen-bond acceptors (Lipinski definition) is 3. The second kappa shape index (κ2) is 7.60. The topological polar surface area (TPSA) is 52.9 Å². The highest BCUT2D eigenvalue weighted by Crippen LogP contribution is 2.37. The lowest BCUT2D eigenvalue weighted by molar-refractivity contribution is 0.0709. The Bertz CT molecular complexity index is 1040. The minimum atomic E-state index is -0.353. The second-order valence-corrected chi connectivity index (χ2v) is 7.76. The monoisotopic (exact) mass is 434 g/mol. The van der Waals surface area contributed by atoms with Crippen LogP contribution in [-0.4, -0.2) is 21.7 Å². The van der Waals surface area contributed by atoms with Crippen LogP contribution in [0, 0.1) is 6.92 Å². The number of amides is 1. The Balaban J connectivity index is 1.75. The molecule has 3 aromatic carbocycles. The standard InChI is InChI=1S/C23H19BrN2O2/c1-15-6-8-17(9-7-15)23(28)26-21(19-4-2-3-5-22(19)27)14-20(25-26)16-10-12-18(24)13-11-16/h2-13,21,27H,14H2,1H3/t21-/m1/s1. The van der Waals surface area contributed by atoms with Crippen LogP contribution in [0.2, 0.25) is 0 Å². The van der Waals surface area contributed by atoms with Gasteiger partial charge in [0.25, 0.3) is 5.91 Å². The average Bonchev–Trinajstić information content (AvgIpc) is 3.14. The molecule has 5 heteroatoms. The predicted octanol–water partition coefficient (Wildman–Crippen LogP) is 5.45. The summed E-state index contributed by atoms with van der Waals surface area (Å²) in [6.07, 6.45) is 0.538. The van der Waals surface area contributed by atoms with Crippen LogP contribution >= 0.6 is 15.9 Å². The van der Waals surface area contributed by atoms with Gasteiger partial charge in [0.05, 0.1) is 11.8 Å². The molecule has 140 valence electrons. The van der Waals surface area contributed by atoms with E-state index in [4.69, 9.17) is 0 Å². The van der Waals surface area contributed by atoms with Crippen LogP contribution in [0.4, 0.5) is 0 Å². The number of para-hydroxylation sites is 1. The summed E-state index contributed by atoms with van der Waals surface area (Å²) in [5.41, 5.74) is 4.14. The first-order valence-electron chi connectivity index (χ1n) is 9.04. The molecule has 1 N–H and O–H groups in total. The van der Waals surface area contributed by atoms with Gasteiger partial charge in [-0.05, 0) is 42.8 Å². The number of hydrazone groups is 1. The first kappa shape index (κ1) is 18.4. The maximum atomic E-state index is 13.2. The number of aromatic hydroxyl groups is 1. The number of rotatable bonds is 3. The van der Waals surface area contributed by atoms with Gasteiger partial charge in [0.1, 0.15) is 5.75 Å². The molecular weight excluding hydrogens is 416 g/mol. The molecule has 0 unspecified atom stereocenters. The molecule has 1 atom stereocenters. The Morgan fingerprint density at radius 2 is 1.71 bits per heavy atom. The van der Waals surface area contributed by atoms with Crippen LogP contribution in [0.5, 0.6) is 5.75 Å². The lowest BCUT2D eigenvalue weighted by atomic mass is 9.97. The van der Waals surface area contributed by atoms with Gasteiger partial charge in [0.2, 0.25) is 0 Å². The van der Waals surface area contributed by atoms with Crippen LogP contribution in [-0.2, 0) is 0 Å². The molecule has 4 nitrogen and oxygen atoms in total. The summed E-state index contributed by atoms with van der Waals surface area (Å²) in [7, 11) is 0. The number of phenolic OH excluding ortho intramolecular Hbond substituents is 1. The molecule has 0 aromatic heterocycles. The van der Waals surface area contributed by atoms with Crippen molar-refractivity contribution >= 4 is 27.5 Å². The van der Waals surface area contributed by atoms with E-state index < -0.39 is 0 Å². The van der Waals surface area contributed by atoms with Crippen LogP contribution in [0.1, 0.15) is 39.5 Å². The normalized spacial score (nSPS) is 16.1. The summed E-state index contributed by atoms with van der Waals surface area (Å²) in [5.74, 6) is -0.0122. The van der Waals surface area contributed by atoms with Crippen LogP contribution in [0.15, 0.2) is 82.4 Å². The highest BCUT2D eigenvalue weighted by molar-refractivity contribution is 9.10. The summed E-state index contributed by atoms with van der Waals surface area (Å²) < 4.78 is 0.986. The molecular formula is C23H19BrN2O2. The Morgan fingerprint density at radius 3 is 2.39 bits per heavy atom. The quantitative estimate of drug-likeness (QED) is 0.595. The minimum absolute atomic E-state index is 0.168. The van der Waals surface area contributed by atoms with Crippen LogP contribution in [0.3, 0.4) is 0 Å². The van der Waals surface area contributed by atoms with Gasteiger partial charge in [-0.2, -0.15) is 5.10 Å². The Hall–Kier alpha value is -2.92. The minimum Gasteiger partial charge on any atom is -0.508 e. The van der Waals surface area contributed by atoms with E-state index in [-0.39, 0.29) is 17.7 Å². The molecule has 0 saturated heterocycles. The number of benzene rings is 3. The molecule has 4 rings (SSSR count). The molecule has 0 aliphatic carbocycles. The lowest BCUT2D eigenvalue weighted by Crippen LogP contribution is -2.27. The van der Waals surface area contributed by atoms with Crippen LogP contribution in [0.25, 0.3) is 0 Å². The molecule has 1 heterocycles. The fraction of sp³-hybridized carbons (Fsp3) is 0.130. The predicted molar refractivity (Wildman–Crippen MR) is 113 cm³/mol. The number of halogens is 1. The van der Waals surface area contributed by atoms with Crippen molar-refractivity contribution in [3.05, 3.63) is 99.5 Å². The first-order chi connectivity index (χ1) is 13.5. The van der Waals surface area contributed by atoms with E-state index in [1.54, 1.807) is 12.1 Å². The SMILES string of the molecule is Cc1ccc(C(=O)N2N=C(c3ccc(Br)cc3)C[C@@H]2c2ccccc2O)cc1. The van der Waals surface area contributed by atoms with E-state index in [0.29, 0.717) is 17.5 Å². The van der Waals surface area contributed by atoms with Gasteiger partial charge in [0.15, 0.2) is 0 Å². The maximum Gasteiger partial charge on any atom is 0.274 e. The Morgan fingerprint density at radius 1 is 1.04 bits per heavy atom. The smallest absolute Gasteiger partial charge is 0.274 e. The average molecular weight is 435 g/mol. The Labute approximate surface area is 172 Å². The molecule has 0 spiro atoms. The fourth-order valence-electron chi connectivity index (χ4n) is 3.35. The number of nitrogens with zero attached hydrogens (tertiary/aromatic N) is 2. The van der Waals surface area contributed by atoms with Gasteiger partial charge in [0, 0.05) is 22.0 Å². The second-order valence-electron chi connectivity index (χ2n) is 6.85. The van der Waals surface area contributed by atoms with E-state index >= 15 is 0 Å².